The maximum absolute atomic E-state index is 2.66. The third-order valence-corrected chi connectivity index (χ3v) is 13.4. The third-order valence-electron chi connectivity index (χ3n) is 8.84. The van der Waals surface area contributed by atoms with Gasteiger partial charge in [0.2, 0.25) is 0 Å². The van der Waals surface area contributed by atoms with Crippen LogP contribution < -0.4 is 0 Å². The van der Waals surface area contributed by atoms with E-state index in [1.807, 2.05) is 0 Å². The van der Waals surface area contributed by atoms with Crippen LogP contribution in [0.1, 0.15) is 80.3 Å². The van der Waals surface area contributed by atoms with Gasteiger partial charge in [0.05, 0.1) is 8.07 Å². The van der Waals surface area contributed by atoms with E-state index in [9.17, 15) is 0 Å². The summed E-state index contributed by atoms with van der Waals surface area (Å²) in [5.41, 5.74) is 17.5. The lowest BCUT2D eigenvalue weighted by molar-refractivity contribution is 0.903. The highest BCUT2D eigenvalue weighted by Crippen LogP contribution is 2.56. The Labute approximate surface area is 184 Å². The first-order valence-electron chi connectivity index (χ1n) is 11.8. The molecule has 156 valence electrons. The first kappa shape index (κ1) is 20.1. The van der Waals surface area contributed by atoms with E-state index in [0.29, 0.717) is 17.0 Å². The summed E-state index contributed by atoms with van der Waals surface area (Å²) in [6.45, 7) is 17.2. The fraction of sp³-hybridized carbons (Fsp3) is 0.448. The van der Waals surface area contributed by atoms with Crippen LogP contribution in [-0.4, -0.2) is 8.07 Å². The van der Waals surface area contributed by atoms with Gasteiger partial charge in [-0.25, -0.2) is 0 Å². The van der Waals surface area contributed by atoms with Crippen LogP contribution in [0.3, 0.4) is 0 Å². The molecule has 0 bridgehead atoms. The second kappa shape index (κ2) is 6.82. The van der Waals surface area contributed by atoms with E-state index in [1.165, 1.54) is 19.3 Å². The van der Waals surface area contributed by atoms with Gasteiger partial charge < -0.3 is 0 Å². The lowest BCUT2D eigenvalue weighted by atomic mass is 9.86. The summed E-state index contributed by atoms with van der Waals surface area (Å²) >= 11 is 0. The van der Waals surface area contributed by atoms with Crippen molar-refractivity contribution in [2.75, 3.05) is 0 Å². The monoisotopic (exact) mass is 412 g/mol. The van der Waals surface area contributed by atoms with Crippen LogP contribution in [-0.2, 0) is 12.8 Å². The van der Waals surface area contributed by atoms with E-state index in [0.717, 1.165) is 0 Å². The molecule has 0 radical (unpaired) electrons. The zero-order valence-electron chi connectivity index (χ0n) is 19.8. The molecule has 4 aliphatic carbocycles. The highest BCUT2D eigenvalue weighted by molar-refractivity contribution is 6.82. The van der Waals surface area contributed by atoms with Gasteiger partial charge in [0, 0.05) is 11.5 Å². The first-order chi connectivity index (χ1) is 14.2. The van der Waals surface area contributed by atoms with Gasteiger partial charge in [-0.2, -0.15) is 0 Å². The third kappa shape index (κ3) is 2.64. The second-order valence-corrected chi connectivity index (χ2v) is 15.6. The Balaban J connectivity index is 1.68. The van der Waals surface area contributed by atoms with Crippen LogP contribution >= 0.6 is 0 Å². The summed E-state index contributed by atoms with van der Waals surface area (Å²) < 4.78 is 0. The molecule has 0 heterocycles. The minimum absolute atomic E-state index is 0.471. The fourth-order valence-corrected chi connectivity index (χ4v) is 12.7. The molecule has 0 amide bonds. The molecule has 1 aromatic rings. The first-order valence-corrected chi connectivity index (χ1v) is 15.0. The molecule has 1 heteroatoms. The summed E-state index contributed by atoms with van der Waals surface area (Å²) in [5.74, 6) is 0.471. The second-order valence-electron chi connectivity index (χ2n) is 10.8. The highest BCUT2D eigenvalue weighted by atomic mass is 28.3. The summed E-state index contributed by atoms with van der Waals surface area (Å²) in [5, 5.41) is 0. The summed E-state index contributed by atoms with van der Waals surface area (Å²) in [4.78, 5) is 0. The van der Waals surface area contributed by atoms with Crippen LogP contribution in [0, 0.1) is 0 Å². The van der Waals surface area contributed by atoms with Gasteiger partial charge in [0.25, 0.3) is 0 Å². The zero-order chi connectivity index (χ0) is 21.4. The predicted octanol–water partition coefficient (Wildman–Crippen LogP) is 8.19. The van der Waals surface area contributed by atoms with Crippen molar-refractivity contribution >= 4 is 14.1 Å². The van der Waals surface area contributed by atoms with Crippen LogP contribution in [0.15, 0.2) is 58.2 Å². The van der Waals surface area contributed by atoms with Gasteiger partial charge in [0.1, 0.15) is 0 Å². The average Bonchev–Trinajstić information content (AvgIpc) is 3.45. The van der Waals surface area contributed by atoms with Gasteiger partial charge in [-0.05, 0) is 98.4 Å². The quantitative estimate of drug-likeness (QED) is 0.439. The molecular formula is C29H36Si. The van der Waals surface area contributed by atoms with Gasteiger partial charge in [-0.1, -0.05) is 66.3 Å². The Bertz CT molecular complexity index is 1060. The Hall–Kier alpha value is -1.86. The Morgan fingerprint density at radius 2 is 1.47 bits per heavy atom. The number of rotatable bonds is 3. The highest BCUT2D eigenvalue weighted by Gasteiger charge is 2.47. The van der Waals surface area contributed by atoms with Crippen molar-refractivity contribution in [3.8, 4) is 0 Å². The lowest BCUT2D eigenvalue weighted by Gasteiger charge is -2.39. The number of fused-ring (bicyclic) bond motifs is 2. The Kier molecular flexibility index (Phi) is 4.56. The van der Waals surface area contributed by atoms with E-state index >= 15 is 0 Å². The van der Waals surface area contributed by atoms with Gasteiger partial charge in [-0.3, -0.25) is 0 Å². The van der Waals surface area contributed by atoms with E-state index in [-0.39, 0.29) is 0 Å². The molecule has 0 spiro atoms. The van der Waals surface area contributed by atoms with Gasteiger partial charge >= 0.3 is 0 Å². The maximum Gasteiger partial charge on any atom is 0.0717 e. The standard InChI is InChI=1S/C29H36Si/c1-17-15-25-26(16-23-13-10-14-24(23)27(25)22-11-8-9-12-22)28(17)30(6,7)29-20(4)18(2)19(3)21(29)5/h8-9,11-12,15-16,22,28-29H,10,13-14H2,1-7H3. The van der Waals surface area contributed by atoms with E-state index in [1.54, 1.807) is 55.7 Å². The van der Waals surface area contributed by atoms with Crippen molar-refractivity contribution in [3.63, 3.8) is 0 Å². The topological polar surface area (TPSA) is 0 Å². The van der Waals surface area contributed by atoms with Gasteiger partial charge in [0.15, 0.2) is 0 Å². The molecule has 0 aliphatic heterocycles. The molecular weight excluding hydrogens is 376 g/mol. The molecule has 1 unspecified atom stereocenters. The molecule has 0 saturated heterocycles. The molecule has 0 nitrogen and oxygen atoms in total. The van der Waals surface area contributed by atoms with Crippen molar-refractivity contribution < 1.29 is 0 Å². The Morgan fingerprint density at radius 3 is 2.10 bits per heavy atom. The molecule has 30 heavy (non-hydrogen) atoms. The molecule has 1 atom stereocenters. The molecule has 1 aromatic carbocycles. The van der Waals surface area contributed by atoms with E-state index < -0.39 is 8.07 Å². The molecule has 5 rings (SSSR count). The van der Waals surface area contributed by atoms with E-state index in [2.05, 4.69) is 84.2 Å². The van der Waals surface area contributed by atoms with Crippen LogP contribution in [0.5, 0.6) is 0 Å². The summed E-state index contributed by atoms with van der Waals surface area (Å²) in [7, 11) is -1.68. The zero-order valence-corrected chi connectivity index (χ0v) is 20.8. The summed E-state index contributed by atoms with van der Waals surface area (Å²) in [6.07, 6.45) is 15.7. The fourth-order valence-electron chi connectivity index (χ4n) is 7.40. The van der Waals surface area contributed by atoms with Gasteiger partial charge in [-0.15, -0.1) is 0 Å². The molecule has 0 aromatic heterocycles. The van der Waals surface area contributed by atoms with Crippen molar-refractivity contribution in [1.82, 2.24) is 0 Å². The molecule has 0 saturated carbocycles. The smallest absolute Gasteiger partial charge is 0.0717 e. The normalized spacial score (nSPS) is 23.8. The van der Waals surface area contributed by atoms with Crippen LogP contribution in [0.2, 0.25) is 18.6 Å². The number of allylic oxidation sites excluding steroid dienone is 9. The average molecular weight is 413 g/mol. The van der Waals surface area contributed by atoms with E-state index in [4.69, 9.17) is 0 Å². The van der Waals surface area contributed by atoms with Crippen molar-refractivity contribution in [2.45, 2.75) is 84.0 Å². The predicted molar refractivity (Wildman–Crippen MR) is 134 cm³/mol. The van der Waals surface area contributed by atoms with Crippen molar-refractivity contribution in [2.24, 2.45) is 0 Å². The molecule has 0 N–H and O–H groups in total. The minimum Gasteiger partial charge on any atom is -0.0732 e. The van der Waals surface area contributed by atoms with Crippen molar-refractivity contribution in [3.05, 3.63) is 86.1 Å². The SMILES string of the molecule is CC1=Cc2c(cc3c(c2C2C=CC=C2)CCC3)C1[Si](C)(C)C1C(C)=C(C)C(C)=C1C. The number of benzene rings is 1. The van der Waals surface area contributed by atoms with Crippen LogP contribution in [0.25, 0.3) is 6.08 Å². The molecule has 0 fully saturated rings. The van der Waals surface area contributed by atoms with Crippen molar-refractivity contribution in [1.29, 1.82) is 0 Å². The summed E-state index contributed by atoms with van der Waals surface area (Å²) in [6, 6.07) is 2.64. The maximum atomic E-state index is 2.66. The number of hydrogen-bond donors (Lipinski definition) is 0. The molecule has 4 aliphatic rings. The van der Waals surface area contributed by atoms with Crippen LogP contribution in [0.4, 0.5) is 0 Å². The lowest BCUT2D eigenvalue weighted by Crippen LogP contribution is -2.41. The minimum atomic E-state index is -1.68. The Morgan fingerprint density at radius 1 is 0.833 bits per heavy atom. The number of hydrogen-bond acceptors (Lipinski definition) is 0. The number of aryl methyl sites for hydroxylation is 1. The largest absolute Gasteiger partial charge is 0.0732 e.